The summed E-state index contributed by atoms with van der Waals surface area (Å²) in [6.07, 6.45) is 0.852. The zero-order chi connectivity index (χ0) is 18.3. The maximum atomic E-state index is 13.1. The van der Waals surface area contributed by atoms with E-state index in [1.807, 2.05) is 24.9 Å². The first-order chi connectivity index (χ1) is 12.5. The van der Waals surface area contributed by atoms with E-state index in [1.54, 1.807) is 23.9 Å². The van der Waals surface area contributed by atoms with Gasteiger partial charge in [-0.05, 0) is 42.7 Å². The van der Waals surface area contributed by atoms with E-state index in [2.05, 4.69) is 23.2 Å². The number of rotatable bonds is 3. The number of amides is 1. The van der Waals surface area contributed by atoms with Gasteiger partial charge in [0, 0.05) is 29.7 Å². The van der Waals surface area contributed by atoms with Crippen LogP contribution < -0.4 is 0 Å². The van der Waals surface area contributed by atoms with Crippen LogP contribution in [0.5, 0.6) is 0 Å². The molecule has 2 atom stereocenters. The van der Waals surface area contributed by atoms with E-state index in [1.165, 1.54) is 28.1 Å². The molecule has 1 aliphatic heterocycles. The predicted octanol–water partition coefficient (Wildman–Crippen LogP) is 4.59. The van der Waals surface area contributed by atoms with Crippen LogP contribution in [0.3, 0.4) is 0 Å². The number of thioether (sulfide) groups is 1. The van der Waals surface area contributed by atoms with Crippen LogP contribution in [-0.4, -0.2) is 34.6 Å². The zero-order valence-electron chi connectivity index (χ0n) is 14.8. The molecule has 1 aliphatic rings. The van der Waals surface area contributed by atoms with Crippen molar-refractivity contribution in [2.24, 2.45) is 0 Å². The van der Waals surface area contributed by atoms with Crippen molar-refractivity contribution in [1.29, 1.82) is 0 Å². The minimum atomic E-state index is -0.282. The van der Waals surface area contributed by atoms with E-state index in [4.69, 9.17) is 0 Å². The lowest BCUT2D eigenvalue weighted by atomic mass is 9.98. The van der Waals surface area contributed by atoms with Crippen LogP contribution in [0.1, 0.15) is 24.0 Å². The summed E-state index contributed by atoms with van der Waals surface area (Å²) in [7, 11) is 1.88. The fraction of sp³-hybridized carbons (Fsp3) is 0.286. The fourth-order valence-electron chi connectivity index (χ4n) is 3.60. The first-order valence-corrected chi connectivity index (χ1v) is 9.77. The van der Waals surface area contributed by atoms with Crippen molar-refractivity contribution in [1.82, 2.24) is 9.88 Å². The summed E-state index contributed by atoms with van der Waals surface area (Å²) in [4.78, 5) is 18.3. The summed E-state index contributed by atoms with van der Waals surface area (Å²) >= 11 is 1.78. The van der Waals surface area contributed by atoms with Crippen molar-refractivity contribution in [2.45, 2.75) is 30.3 Å². The molecule has 0 saturated carbocycles. The van der Waals surface area contributed by atoms with Gasteiger partial charge in [0.2, 0.25) is 5.91 Å². The number of para-hydroxylation sites is 1. The van der Waals surface area contributed by atoms with Gasteiger partial charge in [0.25, 0.3) is 0 Å². The minimum Gasteiger partial charge on any atom is -0.349 e. The Kier molecular flexibility index (Phi) is 4.49. The number of carbonyl (C=O) groups excluding carboxylic acids is 1. The maximum absolute atomic E-state index is 13.1. The largest absolute Gasteiger partial charge is 0.349 e. The van der Waals surface area contributed by atoms with Crippen LogP contribution in [0.25, 0.3) is 10.9 Å². The van der Waals surface area contributed by atoms with Gasteiger partial charge in [-0.15, -0.1) is 11.8 Å². The standard InChI is InChI=1S/C21H21FN2OS/c1-13(14-7-9-15(22)10-8-14)21(25)24(2)16-11-18-17-5-3-4-6-19(17)23-20(18)26-12-16/h3-10,13,16,23H,11-12H2,1-2H3/t13?,16-/m0/s1. The molecule has 0 spiro atoms. The van der Waals surface area contributed by atoms with Crippen molar-refractivity contribution in [2.75, 3.05) is 12.8 Å². The summed E-state index contributed by atoms with van der Waals surface area (Å²) in [5.74, 6) is 0.385. The third-order valence-corrected chi connectivity index (χ3v) is 6.46. The Morgan fingerprint density at radius 3 is 2.73 bits per heavy atom. The normalized spacial score (nSPS) is 17.7. The Morgan fingerprint density at radius 1 is 1.23 bits per heavy atom. The van der Waals surface area contributed by atoms with Gasteiger partial charge in [0.1, 0.15) is 5.82 Å². The molecule has 4 rings (SSSR count). The highest BCUT2D eigenvalue weighted by molar-refractivity contribution is 7.99. The third kappa shape index (κ3) is 3.01. The molecular weight excluding hydrogens is 347 g/mol. The molecule has 1 unspecified atom stereocenters. The van der Waals surface area contributed by atoms with Crippen LogP contribution in [0.15, 0.2) is 53.6 Å². The van der Waals surface area contributed by atoms with Crippen LogP contribution in [0.2, 0.25) is 0 Å². The number of H-pyrrole nitrogens is 1. The Morgan fingerprint density at radius 2 is 1.96 bits per heavy atom. The van der Waals surface area contributed by atoms with Gasteiger partial charge >= 0.3 is 0 Å². The topological polar surface area (TPSA) is 36.1 Å². The highest BCUT2D eigenvalue weighted by atomic mass is 32.2. The molecule has 2 heterocycles. The van der Waals surface area contributed by atoms with Crippen LogP contribution >= 0.6 is 11.8 Å². The molecule has 0 radical (unpaired) electrons. The van der Waals surface area contributed by atoms with E-state index in [0.29, 0.717) is 0 Å². The molecule has 1 amide bonds. The second-order valence-corrected chi connectivity index (χ2v) is 7.90. The lowest BCUT2D eigenvalue weighted by Gasteiger charge is -2.33. The van der Waals surface area contributed by atoms with Gasteiger partial charge in [0.15, 0.2) is 0 Å². The average molecular weight is 368 g/mol. The Hall–Kier alpha value is -2.27. The number of hydrogen-bond donors (Lipinski definition) is 1. The molecule has 2 aromatic carbocycles. The number of carbonyl (C=O) groups is 1. The summed E-state index contributed by atoms with van der Waals surface area (Å²) in [6.45, 7) is 1.89. The minimum absolute atomic E-state index is 0.0745. The lowest BCUT2D eigenvalue weighted by Crippen LogP contribution is -2.43. The summed E-state index contributed by atoms with van der Waals surface area (Å²) in [6, 6.07) is 14.7. The molecular formula is C21H21FN2OS. The zero-order valence-corrected chi connectivity index (χ0v) is 15.6. The quantitative estimate of drug-likeness (QED) is 0.734. The van der Waals surface area contributed by atoms with Gasteiger partial charge in [-0.3, -0.25) is 4.79 Å². The monoisotopic (exact) mass is 368 g/mol. The SMILES string of the molecule is CC(C(=O)N(C)[C@@H]1CSc2[nH]c3ccccc3c2C1)c1ccc(F)cc1. The van der Waals surface area contributed by atoms with E-state index < -0.39 is 0 Å². The van der Waals surface area contributed by atoms with Crippen molar-refractivity contribution in [3.8, 4) is 0 Å². The molecule has 1 N–H and O–H groups in total. The van der Waals surface area contributed by atoms with E-state index in [9.17, 15) is 9.18 Å². The van der Waals surface area contributed by atoms with E-state index >= 15 is 0 Å². The summed E-state index contributed by atoms with van der Waals surface area (Å²) < 4.78 is 13.1. The highest BCUT2D eigenvalue weighted by Gasteiger charge is 2.30. The molecule has 0 aliphatic carbocycles. The van der Waals surface area contributed by atoms with Crippen molar-refractivity contribution < 1.29 is 9.18 Å². The second-order valence-electron chi connectivity index (χ2n) is 6.87. The molecule has 0 fully saturated rings. The number of aromatic nitrogens is 1. The number of halogens is 1. The summed E-state index contributed by atoms with van der Waals surface area (Å²) in [5, 5.41) is 2.46. The number of nitrogens with one attached hydrogen (secondary N) is 1. The van der Waals surface area contributed by atoms with Gasteiger partial charge in [0.05, 0.1) is 10.9 Å². The van der Waals surface area contributed by atoms with Crippen LogP contribution in [0.4, 0.5) is 4.39 Å². The average Bonchev–Trinajstić information content (AvgIpc) is 3.04. The van der Waals surface area contributed by atoms with Crippen LogP contribution in [-0.2, 0) is 11.2 Å². The Balaban J connectivity index is 1.54. The first-order valence-electron chi connectivity index (χ1n) is 8.79. The van der Waals surface area contributed by atoms with Gasteiger partial charge in [-0.2, -0.15) is 0 Å². The Bertz CT molecular complexity index is 950. The molecule has 3 aromatic rings. The number of aromatic amines is 1. The van der Waals surface area contributed by atoms with E-state index in [-0.39, 0.29) is 23.7 Å². The number of nitrogens with zero attached hydrogens (tertiary/aromatic N) is 1. The van der Waals surface area contributed by atoms with Gasteiger partial charge in [-0.25, -0.2) is 4.39 Å². The molecule has 0 saturated heterocycles. The van der Waals surface area contributed by atoms with Gasteiger partial charge in [-0.1, -0.05) is 30.3 Å². The lowest BCUT2D eigenvalue weighted by molar-refractivity contribution is -0.132. The predicted molar refractivity (Wildman–Crippen MR) is 104 cm³/mol. The number of likely N-dealkylation sites (N-methyl/N-ethyl adjacent to an activating group) is 1. The maximum Gasteiger partial charge on any atom is 0.229 e. The molecule has 26 heavy (non-hydrogen) atoms. The molecule has 134 valence electrons. The van der Waals surface area contributed by atoms with E-state index in [0.717, 1.165) is 23.3 Å². The van der Waals surface area contributed by atoms with Gasteiger partial charge < -0.3 is 9.88 Å². The smallest absolute Gasteiger partial charge is 0.229 e. The molecule has 1 aromatic heterocycles. The third-order valence-electron chi connectivity index (χ3n) is 5.27. The van der Waals surface area contributed by atoms with Crippen LogP contribution in [0, 0.1) is 5.82 Å². The van der Waals surface area contributed by atoms with Crippen molar-refractivity contribution in [3.63, 3.8) is 0 Å². The number of benzene rings is 2. The number of fused-ring (bicyclic) bond motifs is 3. The highest BCUT2D eigenvalue weighted by Crippen LogP contribution is 2.36. The summed E-state index contributed by atoms with van der Waals surface area (Å²) in [5.41, 5.74) is 3.30. The molecule has 3 nitrogen and oxygen atoms in total. The first kappa shape index (κ1) is 17.2. The fourth-order valence-corrected chi connectivity index (χ4v) is 4.85. The van der Waals surface area contributed by atoms with Crippen molar-refractivity contribution in [3.05, 3.63) is 65.5 Å². The number of hydrogen-bond acceptors (Lipinski definition) is 2. The molecule has 0 bridgehead atoms. The van der Waals surface area contributed by atoms with Crippen molar-refractivity contribution >= 4 is 28.6 Å². The molecule has 5 heteroatoms. The second kappa shape index (κ2) is 6.80. The Labute approximate surface area is 156 Å².